The van der Waals surface area contributed by atoms with Crippen molar-refractivity contribution in [3.63, 3.8) is 0 Å². The van der Waals surface area contributed by atoms with E-state index in [2.05, 4.69) is 0 Å². The monoisotopic (exact) mass is 478 g/mol. The van der Waals surface area contributed by atoms with Crippen LogP contribution in [0.2, 0.25) is 0 Å². The van der Waals surface area contributed by atoms with E-state index >= 15 is 0 Å². The average Bonchev–Trinajstić information content (AvgIpc) is 2.90. The van der Waals surface area contributed by atoms with Gasteiger partial charge in [0.05, 0.1) is 28.0 Å². The lowest BCUT2D eigenvalue weighted by Gasteiger charge is -1.97. The number of para-hydroxylation sites is 1. The zero-order chi connectivity index (χ0) is 25.1. The number of benzene rings is 4. The Balaban J connectivity index is 0.000000148. The molecule has 4 aromatic carbocycles. The molecule has 0 spiro atoms. The Labute approximate surface area is 206 Å². The fourth-order valence-electron chi connectivity index (χ4n) is 3.71. The van der Waals surface area contributed by atoms with E-state index in [0.717, 1.165) is 27.5 Å². The Kier molecular flexibility index (Phi) is 6.07. The summed E-state index contributed by atoms with van der Waals surface area (Å²) < 4.78 is 11.5. The van der Waals surface area contributed by atoms with E-state index in [0.29, 0.717) is 17.1 Å². The van der Waals surface area contributed by atoms with Crippen LogP contribution in [0.25, 0.3) is 44.6 Å². The number of hydrogen-bond acceptors (Lipinski definition) is 4. The van der Waals surface area contributed by atoms with Crippen molar-refractivity contribution in [3.8, 4) is 45.6 Å². The topological polar surface area (TPSA) is 104 Å². The minimum Gasteiger partial charge on any atom is -0.508 e. The molecule has 6 rings (SSSR count). The third-order valence-electron chi connectivity index (χ3n) is 5.60. The van der Waals surface area contributed by atoms with E-state index < -0.39 is 0 Å². The molecule has 2 heterocycles. The van der Waals surface area contributed by atoms with Crippen molar-refractivity contribution in [2.45, 2.75) is 0 Å². The lowest BCUT2D eigenvalue weighted by Crippen LogP contribution is -1.79. The molecule has 6 nitrogen and oxygen atoms in total. The second-order valence-electron chi connectivity index (χ2n) is 8.11. The molecule has 0 aliphatic heterocycles. The van der Waals surface area contributed by atoms with Gasteiger partial charge in [-0.25, -0.2) is 8.83 Å². The number of fused-ring (bicyclic) bond motifs is 2. The van der Waals surface area contributed by atoms with Gasteiger partial charge in [-0.3, -0.25) is 0 Å². The maximum atomic E-state index is 9.48. The highest BCUT2D eigenvalue weighted by Gasteiger charge is 2.16. The van der Waals surface area contributed by atoms with Crippen molar-refractivity contribution in [2.24, 2.45) is 0 Å². The molecule has 0 unspecified atom stereocenters. The van der Waals surface area contributed by atoms with Crippen LogP contribution in [0.15, 0.2) is 118 Å². The van der Waals surface area contributed by atoms with Crippen LogP contribution in [0.5, 0.6) is 23.0 Å². The van der Waals surface area contributed by atoms with Crippen molar-refractivity contribution in [2.75, 3.05) is 0 Å². The molecule has 0 atom stereocenters. The average molecular weight is 479 g/mol. The number of hydrogen-bond donors (Lipinski definition) is 4. The molecule has 0 saturated carbocycles. The predicted octanol–water partition coefficient (Wildman–Crippen LogP) is 7.58. The molecule has 0 amide bonds. The zero-order valence-corrected chi connectivity index (χ0v) is 19.0. The summed E-state index contributed by atoms with van der Waals surface area (Å²) in [6.45, 7) is 0. The minimum atomic E-state index is -0.157. The zero-order valence-electron chi connectivity index (χ0n) is 19.0. The molecule has 6 heteroatoms. The van der Waals surface area contributed by atoms with Crippen molar-refractivity contribution in [1.29, 1.82) is 0 Å². The maximum Gasteiger partial charge on any atom is 0.364 e. The highest BCUT2D eigenvalue weighted by molar-refractivity contribution is 5.80. The van der Waals surface area contributed by atoms with E-state index in [-0.39, 0.29) is 23.0 Å². The fraction of sp³-hybridized carbons (Fsp3) is 0. The van der Waals surface area contributed by atoms with Gasteiger partial charge in [-0.15, -0.1) is 0 Å². The number of phenolic OH excluding ortho intramolecular Hbond substituents is 4. The Bertz CT molecular complexity index is 1680. The summed E-state index contributed by atoms with van der Waals surface area (Å²) in [5.41, 5.74) is 3.00. The molecule has 0 aliphatic rings. The summed E-state index contributed by atoms with van der Waals surface area (Å²) in [5, 5.41) is 39.4. The van der Waals surface area contributed by atoms with Crippen LogP contribution >= 0.6 is 0 Å². The van der Waals surface area contributed by atoms with Crippen LogP contribution in [0.3, 0.4) is 0 Å². The van der Waals surface area contributed by atoms with E-state index in [9.17, 15) is 20.4 Å². The van der Waals surface area contributed by atoms with Gasteiger partial charge in [-0.05, 0) is 66.7 Å². The summed E-state index contributed by atoms with van der Waals surface area (Å²) >= 11 is 0. The summed E-state index contributed by atoms with van der Waals surface area (Å²) in [7, 11) is 0. The van der Waals surface area contributed by atoms with Gasteiger partial charge in [0.25, 0.3) is 0 Å². The van der Waals surface area contributed by atoms with Gasteiger partial charge >= 0.3 is 22.7 Å². The van der Waals surface area contributed by atoms with Crippen LogP contribution in [-0.4, -0.2) is 20.4 Å². The van der Waals surface area contributed by atoms with E-state index in [1.54, 1.807) is 48.5 Å². The van der Waals surface area contributed by atoms with E-state index in [1.807, 2.05) is 48.5 Å². The van der Waals surface area contributed by atoms with Gasteiger partial charge in [0.2, 0.25) is 0 Å². The standard InChI is InChI=1S/2C15H10O3/c16-12-5-1-10(2-6-12)14-8-4-11-3-7-13(17)9-15(11)18-14;16-12-7-5-11(9-13(12)17)15-8-6-10-3-1-2-4-14(10)18-15/h2*1-9H,(H-,16,17)/p+2. The van der Waals surface area contributed by atoms with Crippen molar-refractivity contribution in [1.82, 2.24) is 0 Å². The second kappa shape index (κ2) is 9.64. The number of phenols is 4. The normalized spacial score (nSPS) is 10.7. The van der Waals surface area contributed by atoms with Gasteiger partial charge in [-0.1, -0.05) is 12.1 Å². The first-order valence-electron chi connectivity index (χ1n) is 11.2. The molecule has 176 valence electrons. The fourth-order valence-corrected chi connectivity index (χ4v) is 3.71. The third kappa shape index (κ3) is 4.88. The molecule has 0 fully saturated rings. The summed E-state index contributed by atoms with van der Waals surface area (Å²) in [6, 6.07) is 31.7. The summed E-state index contributed by atoms with van der Waals surface area (Å²) in [5.74, 6) is 1.43. The number of aromatic hydroxyl groups is 4. The molecular weight excluding hydrogens is 456 g/mol. The third-order valence-corrected chi connectivity index (χ3v) is 5.60. The van der Waals surface area contributed by atoms with Gasteiger partial charge in [-0.2, -0.15) is 0 Å². The quantitative estimate of drug-likeness (QED) is 0.151. The van der Waals surface area contributed by atoms with Crippen LogP contribution in [-0.2, 0) is 0 Å². The molecule has 0 saturated heterocycles. The van der Waals surface area contributed by atoms with Crippen LogP contribution in [0, 0.1) is 0 Å². The SMILES string of the molecule is Oc1ccc(-c2ccc3ccc(O)cc3[o+]2)cc1.Oc1ccc(-c2ccc3ccccc3[o+]2)cc1O. The smallest absolute Gasteiger partial charge is 0.364 e. The van der Waals surface area contributed by atoms with Crippen LogP contribution < -0.4 is 0 Å². The van der Waals surface area contributed by atoms with E-state index in [1.165, 1.54) is 12.1 Å². The van der Waals surface area contributed by atoms with Gasteiger partial charge in [0.15, 0.2) is 11.5 Å². The molecule has 0 bridgehead atoms. The molecule has 6 aromatic rings. The van der Waals surface area contributed by atoms with Crippen molar-refractivity contribution in [3.05, 3.63) is 109 Å². The Morgan fingerprint density at radius 3 is 1.75 bits per heavy atom. The number of rotatable bonds is 2. The molecule has 2 aromatic heterocycles. The van der Waals surface area contributed by atoms with E-state index in [4.69, 9.17) is 8.83 Å². The molecule has 36 heavy (non-hydrogen) atoms. The highest BCUT2D eigenvalue weighted by Crippen LogP contribution is 2.32. The van der Waals surface area contributed by atoms with Crippen molar-refractivity contribution < 1.29 is 29.3 Å². The minimum absolute atomic E-state index is 0.139. The first kappa shape index (κ1) is 22.7. The lowest BCUT2D eigenvalue weighted by molar-refractivity contribution is 0.404. The molecule has 4 N–H and O–H groups in total. The summed E-state index contributed by atoms with van der Waals surface area (Å²) in [6.07, 6.45) is 0. The first-order chi connectivity index (χ1) is 17.5. The largest absolute Gasteiger partial charge is 0.508 e. The Morgan fingerprint density at radius 1 is 0.417 bits per heavy atom. The van der Waals surface area contributed by atoms with Gasteiger partial charge in [0.1, 0.15) is 11.5 Å². The lowest BCUT2D eigenvalue weighted by atomic mass is 10.1. The first-order valence-corrected chi connectivity index (χ1v) is 11.2. The molecule has 0 radical (unpaired) electrons. The maximum absolute atomic E-state index is 9.48. The molecule has 0 aliphatic carbocycles. The van der Waals surface area contributed by atoms with Gasteiger partial charge < -0.3 is 20.4 Å². The summed E-state index contributed by atoms with van der Waals surface area (Å²) in [4.78, 5) is 0. The molecular formula is C30H22O6+2. The Hall–Kier alpha value is -5.10. The van der Waals surface area contributed by atoms with Crippen LogP contribution in [0.1, 0.15) is 0 Å². The highest BCUT2D eigenvalue weighted by atomic mass is 16.3. The second-order valence-corrected chi connectivity index (χ2v) is 8.11. The van der Waals surface area contributed by atoms with Crippen molar-refractivity contribution >= 4 is 21.9 Å². The van der Waals surface area contributed by atoms with Crippen LogP contribution in [0.4, 0.5) is 0 Å². The van der Waals surface area contributed by atoms with Gasteiger partial charge in [0, 0.05) is 24.3 Å². The Morgan fingerprint density at radius 2 is 1.00 bits per heavy atom. The predicted molar refractivity (Wildman–Crippen MR) is 139 cm³/mol.